The molecule has 0 atom stereocenters. The summed E-state index contributed by atoms with van der Waals surface area (Å²) in [5.74, 6) is 0.377. The fraction of sp³-hybridized carbons (Fsp3) is 0.200. The van der Waals surface area contributed by atoms with Crippen molar-refractivity contribution in [2.45, 2.75) is 13.8 Å². The van der Waals surface area contributed by atoms with Crippen LogP contribution >= 0.6 is 0 Å². The summed E-state index contributed by atoms with van der Waals surface area (Å²) < 4.78 is 6.89. The zero-order valence-corrected chi connectivity index (χ0v) is 15.0. The minimum Gasteiger partial charge on any atom is -0.497 e. The smallest absolute Gasteiger partial charge is 0.293 e. The lowest BCUT2D eigenvalue weighted by Gasteiger charge is -2.08. The van der Waals surface area contributed by atoms with Gasteiger partial charge in [-0.25, -0.2) is 10.2 Å². The van der Waals surface area contributed by atoms with Crippen molar-refractivity contribution >= 4 is 5.91 Å². The molecule has 1 heterocycles. The van der Waals surface area contributed by atoms with E-state index in [4.69, 9.17) is 9.57 Å². The lowest BCUT2D eigenvalue weighted by Crippen LogP contribution is -2.26. The second-order valence-electron chi connectivity index (χ2n) is 5.76. The molecule has 0 fully saturated rings. The number of aryl methyl sites for hydroxylation is 1. The molecule has 0 spiro atoms. The van der Waals surface area contributed by atoms with Crippen molar-refractivity contribution < 1.29 is 14.4 Å². The highest BCUT2D eigenvalue weighted by atomic mass is 16.6. The Morgan fingerprint density at radius 3 is 2.62 bits per heavy atom. The van der Waals surface area contributed by atoms with Crippen LogP contribution in [0.5, 0.6) is 5.75 Å². The third-order valence-electron chi connectivity index (χ3n) is 3.90. The van der Waals surface area contributed by atoms with Gasteiger partial charge in [0.2, 0.25) is 0 Å². The van der Waals surface area contributed by atoms with Crippen molar-refractivity contribution in [3.8, 4) is 22.7 Å². The molecule has 3 aromatic rings. The van der Waals surface area contributed by atoms with Crippen LogP contribution in [0.2, 0.25) is 0 Å². The Labute approximate surface area is 152 Å². The largest absolute Gasteiger partial charge is 0.497 e. The van der Waals surface area contributed by atoms with Crippen LogP contribution in [0.4, 0.5) is 0 Å². The molecule has 1 amide bonds. The highest BCUT2D eigenvalue weighted by molar-refractivity contribution is 5.93. The number of nitrogens with zero attached hydrogens (tertiary/aromatic N) is 2. The van der Waals surface area contributed by atoms with Gasteiger partial charge in [-0.05, 0) is 44.2 Å². The van der Waals surface area contributed by atoms with E-state index in [9.17, 15) is 4.79 Å². The van der Waals surface area contributed by atoms with Gasteiger partial charge in [-0.2, -0.15) is 5.10 Å². The molecular formula is C20H21N3O3. The molecule has 0 aliphatic carbocycles. The molecule has 0 radical (unpaired) electrons. The van der Waals surface area contributed by atoms with Crippen LogP contribution in [0.1, 0.15) is 23.0 Å². The van der Waals surface area contributed by atoms with E-state index in [2.05, 4.69) is 10.6 Å². The zero-order valence-electron chi connectivity index (χ0n) is 15.0. The Hall–Kier alpha value is -3.12. The van der Waals surface area contributed by atoms with Crippen molar-refractivity contribution in [1.29, 1.82) is 0 Å². The average Bonchev–Trinajstić information content (AvgIpc) is 3.12. The fourth-order valence-electron chi connectivity index (χ4n) is 2.54. The van der Waals surface area contributed by atoms with Gasteiger partial charge in [-0.15, -0.1) is 0 Å². The second kappa shape index (κ2) is 7.84. The lowest BCUT2D eigenvalue weighted by molar-refractivity contribution is 0.0357. The van der Waals surface area contributed by atoms with E-state index < -0.39 is 0 Å². The minimum atomic E-state index is -0.353. The predicted octanol–water partition coefficient (Wildman–Crippen LogP) is 3.54. The maximum atomic E-state index is 12.5. The van der Waals surface area contributed by atoms with Gasteiger partial charge in [0.25, 0.3) is 5.91 Å². The van der Waals surface area contributed by atoms with Crippen molar-refractivity contribution in [1.82, 2.24) is 15.3 Å². The summed E-state index contributed by atoms with van der Waals surface area (Å²) in [6, 6.07) is 17.1. The Balaban J connectivity index is 2.07. The predicted molar refractivity (Wildman–Crippen MR) is 99.4 cm³/mol. The van der Waals surface area contributed by atoms with Crippen LogP contribution < -0.4 is 10.2 Å². The number of carbonyl (C=O) groups excluding carboxylic acids is 1. The molecule has 2 aromatic carbocycles. The summed E-state index contributed by atoms with van der Waals surface area (Å²) in [4.78, 5) is 17.6. The standard InChI is InChI=1S/C20H21N3O3/c1-4-26-22-20(24)19-13-18(15-6-5-7-17(12-15)25-3)21-23(19)16-10-8-14(2)9-11-16/h5-13H,4H2,1-3H3,(H,22,24). The van der Waals surface area contributed by atoms with E-state index in [1.807, 2.05) is 55.5 Å². The van der Waals surface area contributed by atoms with E-state index >= 15 is 0 Å². The molecule has 3 rings (SSSR count). The molecule has 0 saturated heterocycles. The number of aromatic nitrogens is 2. The van der Waals surface area contributed by atoms with Gasteiger partial charge in [0.1, 0.15) is 11.4 Å². The highest BCUT2D eigenvalue weighted by Crippen LogP contribution is 2.25. The van der Waals surface area contributed by atoms with Gasteiger partial charge in [-0.3, -0.25) is 9.63 Å². The third kappa shape index (κ3) is 3.75. The fourth-order valence-corrected chi connectivity index (χ4v) is 2.54. The molecule has 0 bridgehead atoms. The average molecular weight is 351 g/mol. The Bertz CT molecular complexity index is 901. The number of rotatable bonds is 6. The number of hydroxylamine groups is 1. The van der Waals surface area contributed by atoms with E-state index in [1.54, 1.807) is 24.8 Å². The van der Waals surface area contributed by atoms with Gasteiger partial charge in [0, 0.05) is 5.56 Å². The van der Waals surface area contributed by atoms with E-state index in [0.29, 0.717) is 18.0 Å². The first-order valence-corrected chi connectivity index (χ1v) is 8.36. The molecule has 1 N–H and O–H groups in total. The van der Waals surface area contributed by atoms with E-state index in [0.717, 1.165) is 22.6 Å². The van der Waals surface area contributed by atoms with Crippen molar-refractivity contribution in [3.05, 3.63) is 65.9 Å². The normalized spacial score (nSPS) is 10.6. The second-order valence-corrected chi connectivity index (χ2v) is 5.76. The van der Waals surface area contributed by atoms with E-state index in [1.165, 1.54) is 0 Å². The summed E-state index contributed by atoms with van der Waals surface area (Å²) in [5.41, 5.74) is 6.29. The maximum absolute atomic E-state index is 12.5. The van der Waals surface area contributed by atoms with E-state index in [-0.39, 0.29) is 5.91 Å². The summed E-state index contributed by atoms with van der Waals surface area (Å²) >= 11 is 0. The number of hydrogen-bond donors (Lipinski definition) is 1. The molecule has 0 aliphatic heterocycles. The lowest BCUT2D eigenvalue weighted by atomic mass is 10.1. The van der Waals surface area contributed by atoms with Crippen LogP contribution in [0.15, 0.2) is 54.6 Å². The molecule has 0 saturated carbocycles. The Morgan fingerprint density at radius 2 is 1.92 bits per heavy atom. The van der Waals surface area contributed by atoms with Crippen molar-refractivity contribution in [2.75, 3.05) is 13.7 Å². The third-order valence-corrected chi connectivity index (χ3v) is 3.90. The Morgan fingerprint density at radius 1 is 1.15 bits per heavy atom. The monoisotopic (exact) mass is 351 g/mol. The zero-order chi connectivity index (χ0) is 18.5. The quantitative estimate of drug-likeness (QED) is 0.690. The molecule has 0 unspecified atom stereocenters. The van der Waals surface area contributed by atoms with Crippen LogP contribution in [0, 0.1) is 6.92 Å². The van der Waals surface area contributed by atoms with Crippen LogP contribution in [-0.2, 0) is 4.84 Å². The molecule has 26 heavy (non-hydrogen) atoms. The number of benzene rings is 2. The van der Waals surface area contributed by atoms with Gasteiger partial charge >= 0.3 is 0 Å². The topological polar surface area (TPSA) is 65.4 Å². The SMILES string of the molecule is CCONC(=O)c1cc(-c2cccc(OC)c2)nn1-c1ccc(C)cc1. The first-order chi connectivity index (χ1) is 12.6. The number of methoxy groups -OCH3 is 1. The first kappa shape index (κ1) is 17.7. The summed E-state index contributed by atoms with van der Waals surface area (Å²) in [7, 11) is 1.62. The molecule has 6 heteroatoms. The van der Waals surface area contributed by atoms with Crippen molar-refractivity contribution in [2.24, 2.45) is 0 Å². The van der Waals surface area contributed by atoms with Crippen LogP contribution in [0.25, 0.3) is 16.9 Å². The highest BCUT2D eigenvalue weighted by Gasteiger charge is 2.18. The van der Waals surface area contributed by atoms with Gasteiger partial charge in [0.15, 0.2) is 0 Å². The summed E-state index contributed by atoms with van der Waals surface area (Å²) in [6.07, 6.45) is 0. The van der Waals surface area contributed by atoms with Crippen molar-refractivity contribution in [3.63, 3.8) is 0 Å². The number of amides is 1. The van der Waals surface area contributed by atoms with Gasteiger partial charge in [-0.1, -0.05) is 29.8 Å². The number of carbonyl (C=O) groups is 1. The molecule has 6 nitrogen and oxygen atoms in total. The Kier molecular flexibility index (Phi) is 5.34. The minimum absolute atomic E-state index is 0.353. The maximum Gasteiger partial charge on any atom is 0.293 e. The first-order valence-electron chi connectivity index (χ1n) is 8.36. The van der Waals surface area contributed by atoms with Crippen LogP contribution in [0.3, 0.4) is 0 Å². The molecular weight excluding hydrogens is 330 g/mol. The van der Waals surface area contributed by atoms with Gasteiger partial charge < -0.3 is 4.74 Å². The molecule has 1 aromatic heterocycles. The summed E-state index contributed by atoms with van der Waals surface area (Å²) in [5, 5.41) is 4.63. The summed E-state index contributed by atoms with van der Waals surface area (Å²) in [6.45, 7) is 4.20. The number of ether oxygens (including phenoxy) is 1. The number of hydrogen-bond acceptors (Lipinski definition) is 4. The van der Waals surface area contributed by atoms with Crippen LogP contribution in [-0.4, -0.2) is 29.4 Å². The molecule has 134 valence electrons. The van der Waals surface area contributed by atoms with Gasteiger partial charge in [0.05, 0.1) is 25.1 Å². The molecule has 0 aliphatic rings. The number of nitrogens with one attached hydrogen (secondary N) is 1.